The number of imidazole rings is 1. The monoisotopic (exact) mass is 310 g/mol. The fourth-order valence-corrected chi connectivity index (χ4v) is 2.95. The number of rotatable bonds is 3. The molecular weight excluding hydrogens is 293 g/mol. The van der Waals surface area contributed by atoms with Crippen molar-refractivity contribution in [2.24, 2.45) is 5.92 Å². The van der Waals surface area contributed by atoms with Crippen LogP contribution in [-0.4, -0.2) is 21.3 Å². The summed E-state index contributed by atoms with van der Waals surface area (Å²) >= 11 is 0. The Morgan fingerprint density at radius 3 is 2.77 bits per heavy atom. The van der Waals surface area contributed by atoms with Crippen molar-refractivity contribution in [3.63, 3.8) is 0 Å². The predicted octanol–water partition coefficient (Wildman–Crippen LogP) is 3.05. The molecule has 1 aliphatic heterocycles. The van der Waals surface area contributed by atoms with E-state index in [1.54, 1.807) is 6.07 Å². The summed E-state index contributed by atoms with van der Waals surface area (Å²) < 4.78 is 41.0. The van der Waals surface area contributed by atoms with E-state index in [4.69, 9.17) is 0 Å². The second kappa shape index (κ2) is 5.76. The van der Waals surface area contributed by atoms with Gasteiger partial charge in [0.2, 0.25) is 0 Å². The molecule has 0 spiro atoms. The summed E-state index contributed by atoms with van der Waals surface area (Å²) in [5, 5.41) is 9.23. The minimum absolute atomic E-state index is 0.129. The smallest absolute Gasteiger partial charge is 0.396 e. The SMILES string of the molecule is OCC1CCc2nc(Cc3ccccc3C(F)(F)F)cn2C1. The molecule has 6 heteroatoms. The molecule has 0 radical (unpaired) electrons. The molecule has 0 saturated heterocycles. The first-order valence-electron chi connectivity index (χ1n) is 7.28. The van der Waals surface area contributed by atoms with Crippen LogP contribution < -0.4 is 0 Å². The van der Waals surface area contributed by atoms with Crippen LogP contribution in [0, 0.1) is 5.92 Å². The summed E-state index contributed by atoms with van der Waals surface area (Å²) in [4.78, 5) is 4.45. The van der Waals surface area contributed by atoms with E-state index in [9.17, 15) is 18.3 Å². The van der Waals surface area contributed by atoms with Crippen molar-refractivity contribution < 1.29 is 18.3 Å². The molecule has 0 aliphatic carbocycles. The van der Waals surface area contributed by atoms with Gasteiger partial charge in [0, 0.05) is 38.1 Å². The predicted molar refractivity (Wildman–Crippen MR) is 75.4 cm³/mol. The van der Waals surface area contributed by atoms with Gasteiger partial charge in [0.15, 0.2) is 0 Å². The Labute approximate surface area is 126 Å². The molecule has 118 valence electrons. The minimum atomic E-state index is -4.35. The number of benzene rings is 1. The molecule has 0 amide bonds. The number of hydrogen-bond donors (Lipinski definition) is 1. The van der Waals surface area contributed by atoms with Crippen molar-refractivity contribution in [3.05, 3.63) is 53.1 Å². The van der Waals surface area contributed by atoms with Crippen LogP contribution in [0.15, 0.2) is 30.5 Å². The number of aromatic nitrogens is 2. The normalized spacial score (nSPS) is 18.3. The highest BCUT2D eigenvalue weighted by Gasteiger charge is 2.33. The first-order valence-corrected chi connectivity index (χ1v) is 7.28. The number of aryl methyl sites for hydroxylation is 1. The third-order valence-electron chi connectivity index (χ3n) is 4.09. The molecule has 1 unspecified atom stereocenters. The van der Waals surface area contributed by atoms with Gasteiger partial charge < -0.3 is 9.67 Å². The summed E-state index contributed by atoms with van der Waals surface area (Å²) in [5.41, 5.74) is 0.281. The van der Waals surface area contributed by atoms with E-state index in [1.807, 2.05) is 10.8 Å². The van der Waals surface area contributed by atoms with E-state index < -0.39 is 11.7 Å². The third-order valence-corrected chi connectivity index (χ3v) is 4.09. The van der Waals surface area contributed by atoms with Crippen LogP contribution in [0.3, 0.4) is 0 Å². The van der Waals surface area contributed by atoms with Gasteiger partial charge in [-0.25, -0.2) is 4.98 Å². The van der Waals surface area contributed by atoms with E-state index in [-0.39, 0.29) is 24.5 Å². The third kappa shape index (κ3) is 3.02. The number of alkyl halides is 3. The zero-order chi connectivity index (χ0) is 15.7. The van der Waals surface area contributed by atoms with Gasteiger partial charge in [-0.05, 0) is 18.1 Å². The van der Waals surface area contributed by atoms with Crippen molar-refractivity contribution in [1.29, 1.82) is 0 Å². The summed E-state index contributed by atoms with van der Waals surface area (Å²) in [6.07, 6.45) is -0.750. The maximum atomic E-state index is 13.0. The highest BCUT2D eigenvalue weighted by molar-refractivity contribution is 5.33. The second-order valence-electron chi connectivity index (χ2n) is 5.72. The standard InChI is InChI=1S/C16H17F3N2O/c17-16(18,19)14-4-2-1-3-12(14)7-13-9-21-8-11(10-22)5-6-15(21)20-13/h1-4,9,11,22H,5-8,10H2. The Bertz CT molecular complexity index is 664. The first-order chi connectivity index (χ1) is 10.5. The van der Waals surface area contributed by atoms with E-state index in [0.29, 0.717) is 12.2 Å². The molecule has 0 bridgehead atoms. The van der Waals surface area contributed by atoms with Crippen LogP contribution in [-0.2, 0) is 25.6 Å². The lowest BCUT2D eigenvalue weighted by atomic mass is 10.0. The van der Waals surface area contributed by atoms with Crippen LogP contribution in [0.2, 0.25) is 0 Å². The van der Waals surface area contributed by atoms with E-state index in [2.05, 4.69) is 4.98 Å². The van der Waals surface area contributed by atoms with Gasteiger partial charge in [-0.2, -0.15) is 13.2 Å². The molecule has 0 fully saturated rings. The molecule has 1 atom stereocenters. The molecule has 1 aromatic heterocycles. The van der Waals surface area contributed by atoms with Crippen LogP contribution in [0.4, 0.5) is 13.2 Å². The maximum Gasteiger partial charge on any atom is 0.416 e. The topological polar surface area (TPSA) is 38.1 Å². The Morgan fingerprint density at radius 1 is 1.27 bits per heavy atom. The lowest BCUT2D eigenvalue weighted by Gasteiger charge is -2.21. The summed E-state index contributed by atoms with van der Waals surface area (Å²) in [5.74, 6) is 1.10. The minimum Gasteiger partial charge on any atom is -0.396 e. The number of aliphatic hydroxyl groups is 1. The molecular formula is C16H17F3N2O. The highest BCUT2D eigenvalue weighted by Crippen LogP contribution is 2.33. The molecule has 3 nitrogen and oxygen atoms in total. The van der Waals surface area contributed by atoms with Crippen molar-refractivity contribution >= 4 is 0 Å². The van der Waals surface area contributed by atoms with Crippen LogP contribution >= 0.6 is 0 Å². The quantitative estimate of drug-likeness (QED) is 0.946. The van der Waals surface area contributed by atoms with Gasteiger partial charge in [0.1, 0.15) is 5.82 Å². The molecule has 3 rings (SSSR count). The van der Waals surface area contributed by atoms with E-state index in [0.717, 1.165) is 24.7 Å². The number of nitrogens with zero attached hydrogens (tertiary/aromatic N) is 2. The van der Waals surface area contributed by atoms with Crippen molar-refractivity contribution in [2.75, 3.05) is 6.61 Å². The van der Waals surface area contributed by atoms with Crippen LogP contribution in [0.5, 0.6) is 0 Å². The van der Waals surface area contributed by atoms with E-state index >= 15 is 0 Å². The summed E-state index contributed by atoms with van der Waals surface area (Å²) in [6, 6.07) is 5.61. The molecule has 1 aromatic carbocycles. The van der Waals surface area contributed by atoms with Crippen molar-refractivity contribution in [2.45, 2.75) is 32.0 Å². The number of halogens is 3. The van der Waals surface area contributed by atoms with Gasteiger partial charge in [-0.3, -0.25) is 0 Å². The Hall–Kier alpha value is -1.82. The van der Waals surface area contributed by atoms with Gasteiger partial charge in [-0.1, -0.05) is 18.2 Å². The Balaban J connectivity index is 1.85. The lowest BCUT2D eigenvalue weighted by molar-refractivity contribution is -0.138. The average Bonchev–Trinajstić information content (AvgIpc) is 2.87. The van der Waals surface area contributed by atoms with Gasteiger partial charge >= 0.3 is 6.18 Å². The zero-order valence-electron chi connectivity index (χ0n) is 12.0. The molecule has 2 aromatic rings. The highest BCUT2D eigenvalue weighted by atomic mass is 19.4. The average molecular weight is 310 g/mol. The van der Waals surface area contributed by atoms with E-state index in [1.165, 1.54) is 12.1 Å². The molecule has 2 heterocycles. The maximum absolute atomic E-state index is 13.0. The van der Waals surface area contributed by atoms with Crippen LogP contribution in [0.25, 0.3) is 0 Å². The fraction of sp³-hybridized carbons (Fsp3) is 0.438. The van der Waals surface area contributed by atoms with Gasteiger partial charge in [-0.15, -0.1) is 0 Å². The molecule has 1 aliphatic rings. The second-order valence-corrected chi connectivity index (χ2v) is 5.72. The van der Waals surface area contributed by atoms with Crippen molar-refractivity contribution in [3.8, 4) is 0 Å². The van der Waals surface area contributed by atoms with Crippen molar-refractivity contribution in [1.82, 2.24) is 9.55 Å². The molecule has 22 heavy (non-hydrogen) atoms. The fourth-order valence-electron chi connectivity index (χ4n) is 2.95. The van der Waals surface area contributed by atoms with Gasteiger partial charge in [0.05, 0.1) is 11.3 Å². The summed E-state index contributed by atoms with van der Waals surface area (Å²) in [7, 11) is 0. The van der Waals surface area contributed by atoms with Gasteiger partial charge in [0.25, 0.3) is 0 Å². The number of fused-ring (bicyclic) bond motifs is 1. The first kappa shape index (κ1) is 15.1. The molecule has 0 saturated carbocycles. The summed E-state index contributed by atoms with van der Waals surface area (Å²) in [6.45, 7) is 0.809. The Morgan fingerprint density at radius 2 is 2.05 bits per heavy atom. The molecule has 1 N–H and O–H groups in total. The largest absolute Gasteiger partial charge is 0.416 e. The Kier molecular flexibility index (Phi) is 3.95. The zero-order valence-corrected chi connectivity index (χ0v) is 12.0. The number of aliphatic hydroxyl groups excluding tert-OH is 1. The lowest BCUT2D eigenvalue weighted by Crippen LogP contribution is -2.22. The number of hydrogen-bond acceptors (Lipinski definition) is 2. The van der Waals surface area contributed by atoms with Crippen LogP contribution in [0.1, 0.15) is 29.1 Å².